The van der Waals surface area contributed by atoms with Gasteiger partial charge in [0.2, 0.25) is 0 Å². The molecule has 3 rings (SSSR count). The van der Waals surface area contributed by atoms with Crippen molar-refractivity contribution in [3.8, 4) is 5.75 Å². The quantitative estimate of drug-likeness (QED) is 0.859. The van der Waals surface area contributed by atoms with E-state index in [1.807, 2.05) is 0 Å². The Morgan fingerprint density at radius 3 is 2.57 bits per heavy atom. The van der Waals surface area contributed by atoms with E-state index in [0.29, 0.717) is 23.4 Å². The molecule has 0 radical (unpaired) electrons. The van der Waals surface area contributed by atoms with Gasteiger partial charge in [-0.15, -0.1) is 0 Å². The summed E-state index contributed by atoms with van der Waals surface area (Å²) < 4.78 is 4.64. The van der Waals surface area contributed by atoms with Gasteiger partial charge in [-0.05, 0) is 48.0 Å². The summed E-state index contributed by atoms with van der Waals surface area (Å²) in [4.78, 5) is 25.3. The number of ether oxygens (including phenoxy) is 1. The monoisotopic (exact) mass is 283 g/mol. The van der Waals surface area contributed by atoms with Crippen molar-refractivity contribution in [1.29, 1.82) is 0 Å². The van der Waals surface area contributed by atoms with Gasteiger partial charge in [-0.1, -0.05) is 0 Å². The number of aromatic hydroxyl groups is 1. The topological polar surface area (TPSA) is 66.8 Å². The van der Waals surface area contributed by atoms with Crippen LogP contribution >= 0.6 is 0 Å². The van der Waals surface area contributed by atoms with E-state index in [1.165, 1.54) is 13.2 Å². The summed E-state index contributed by atoms with van der Waals surface area (Å²) in [6.45, 7) is 0.403. The van der Waals surface area contributed by atoms with Gasteiger partial charge in [0.05, 0.1) is 19.2 Å². The van der Waals surface area contributed by atoms with Gasteiger partial charge in [0, 0.05) is 11.3 Å². The van der Waals surface area contributed by atoms with Crippen LogP contribution in [0.2, 0.25) is 0 Å². The van der Waals surface area contributed by atoms with Crippen LogP contribution in [0.5, 0.6) is 5.75 Å². The van der Waals surface area contributed by atoms with Crippen LogP contribution in [-0.4, -0.2) is 24.1 Å². The van der Waals surface area contributed by atoms with Gasteiger partial charge in [-0.2, -0.15) is 0 Å². The van der Waals surface area contributed by atoms with Crippen LogP contribution < -0.4 is 4.90 Å². The Bertz CT molecular complexity index is 722. The summed E-state index contributed by atoms with van der Waals surface area (Å²) in [5.41, 5.74) is 2.51. The molecule has 1 heterocycles. The van der Waals surface area contributed by atoms with E-state index < -0.39 is 5.97 Å². The van der Waals surface area contributed by atoms with Crippen molar-refractivity contribution in [3.05, 3.63) is 59.2 Å². The lowest BCUT2D eigenvalue weighted by Crippen LogP contribution is -2.22. The molecule has 0 unspecified atom stereocenters. The van der Waals surface area contributed by atoms with Crippen LogP contribution in [0, 0.1) is 0 Å². The third-order valence-corrected chi connectivity index (χ3v) is 3.49. The molecule has 0 atom stereocenters. The Kier molecular flexibility index (Phi) is 3.10. The molecule has 5 heteroatoms. The van der Waals surface area contributed by atoms with Crippen LogP contribution in [0.4, 0.5) is 5.69 Å². The highest BCUT2D eigenvalue weighted by atomic mass is 16.5. The number of fused-ring (bicyclic) bond motifs is 1. The van der Waals surface area contributed by atoms with Crippen LogP contribution in [0.1, 0.15) is 26.3 Å². The van der Waals surface area contributed by atoms with E-state index >= 15 is 0 Å². The molecule has 5 nitrogen and oxygen atoms in total. The second-order valence-electron chi connectivity index (χ2n) is 4.77. The SMILES string of the molecule is COC(=O)c1ccc(N2Cc3cc(O)ccc3C2=O)cc1. The minimum Gasteiger partial charge on any atom is -0.508 e. The summed E-state index contributed by atoms with van der Waals surface area (Å²) >= 11 is 0. The minimum absolute atomic E-state index is 0.115. The number of methoxy groups -OCH3 is 1. The van der Waals surface area contributed by atoms with Gasteiger partial charge in [-0.25, -0.2) is 4.79 Å². The molecule has 2 aromatic rings. The van der Waals surface area contributed by atoms with E-state index in [-0.39, 0.29) is 11.7 Å². The molecule has 1 N–H and O–H groups in total. The van der Waals surface area contributed by atoms with Crippen molar-refractivity contribution < 1.29 is 19.4 Å². The highest BCUT2D eigenvalue weighted by molar-refractivity contribution is 6.10. The fraction of sp³-hybridized carbons (Fsp3) is 0.125. The number of hydrogen-bond acceptors (Lipinski definition) is 4. The lowest BCUT2D eigenvalue weighted by Gasteiger charge is -2.15. The average molecular weight is 283 g/mol. The molecule has 1 amide bonds. The fourth-order valence-electron chi connectivity index (χ4n) is 2.41. The lowest BCUT2D eigenvalue weighted by atomic mass is 10.1. The molecule has 2 aromatic carbocycles. The summed E-state index contributed by atoms with van der Waals surface area (Å²) in [6.07, 6.45) is 0. The van der Waals surface area contributed by atoms with Crippen LogP contribution in [0.25, 0.3) is 0 Å². The van der Waals surface area contributed by atoms with Crippen molar-refractivity contribution in [2.75, 3.05) is 12.0 Å². The predicted octanol–water partition coefficient (Wildman–Crippen LogP) is 2.34. The number of nitrogens with zero attached hydrogens (tertiary/aromatic N) is 1. The normalized spacial score (nSPS) is 13.2. The number of carbonyl (C=O) groups is 2. The first kappa shape index (κ1) is 13.2. The predicted molar refractivity (Wildman–Crippen MR) is 76.4 cm³/mol. The molecule has 21 heavy (non-hydrogen) atoms. The largest absolute Gasteiger partial charge is 0.508 e. The lowest BCUT2D eigenvalue weighted by molar-refractivity contribution is 0.0600. The average Bonchev–Trinajstić information content (AvgIpc) is 2.83. The number of anilines is 1. The molecule has 0 bridgehead atoms. The zero-order valence-corrected chi connectivity index (χ0v) is 11.4. The van der Waals surface area contributed by atoms with E-state index in [1.54, 1.807) is 41.3 Å². The van der Waals surface area contributed by atoms with E-state index in [9.17, 15) is 14.7 Å². The maximum Gasteiger partial charge on any atom is 0.337 e. The Labute approximate surface area is 121 Å². The zero-order chi connectivity index (χ0) is 15.0. The zero-order valence-electron chi connectivity index (χ0n) is 11.4. The van der Waals surface area contributed by atoms with Crippen molar-refractivity contribution in [2.45, 2.75) is 6.54 Å². The molecule has 106 valence electrons. The highest BCUT2D eigenvalue weighted by Crippen LogP contribution is 2.30. The van der Waals surface area contributed by atoms with Crippen molar-refractivity contribution in [2.24, 2.45) is 0 Å². The van der Waals surface area contributed by atoms with Gasteiger partial charge < -0.3 is 14.7 Å². The van der Waals surface area contributed by atoms with E-state index in [0.717, 1.165) is 5.56 Å². The molecule has 0 saturated heterocycles. The molecule has 0 aliphatic carbocycles. The standard InChI is InChI=1S/C16H13NO4/c1-21-16(20)10-2-4-12(5-3-10)17-9-11-8-13(18)6-7-14(11)15(17)19/h2-8,18H,9H2,1H3. The Morgan fingerprint density at radius 2 is 1.90 bits per heavy atom. The molecule has 1 aliphatic rings. The van der Waals surface area contributed by atoms with Crippen LogP contribution in [-0.2, 0) is 11.3 Å². The maximum atomic E-state index is 12.3. The molecular weight excluding hydrogens is 270 g/mol. The van der Waals surface area contributed by atoms with Gasteiger partial charge in [0.25, 0.3) is 5.91 Å². The first-order valence-electron chi connectivity index (χ1n) is 6.42. The number of phenolic OH excluding ortho intramolecular Hbond substituents is 1. The Morgan fingerprint density at radius 1 is 1.19 bits per heavy atom. The molecule has 0 fully saturated rings. The van der Waals surface area contributed by atoms with Crippen molar-refractivity contribution in [3.63, 3.8) is 0 Å². The number of amides is 1. The number of rotatable bonds is 2. The van der Waals surface area contributed by atoms with Gasteiger partial charge in [-0.3, -0.25) is 4.79 Å². The number of esters is 1. The van der Waals surface area contributed by atoms with E-state index in [2.05, 4.69) is 4.74 Å². The first-order valence-corrected chi connectivity index (χ1v) is 6.42. The summed E-state index contributed by atoms with van der Waals surface area (Å²) in [5, 5.41) is 9.48. The minimum atomic E-state index is -0.414. The van der Waals surface area contributed by atoms with Crippen molar-refractivity contribution >= 4 is 17.6 Å². The number of benzene rings is 2. The van der Waals surface area contributed by atoms with Gasteiger partial charge >= 0.3 is 5.97 Å². The second-order valence-corrected chi connectivity index (χ2v) is 4.77. The maximum absolute atomic E-state index is 12.3. The van der Waals surface area contributed by atoms with Crippen LogP contribution in [0.15, 0.2) is 42.5 Å². The van der Waals surface area contributed by atoms with E-state index in [4.69, 9.17) is 0 Å². The molecule has 1 aliphatic heterocycles. The van der Waals surface area contributed by atoms with Gasteiger partial charge in [0.1, 0.15) is 5.75 Å². The third kappa shape index (κ3) is 2.23. The van der Waals surface area contributed by atoms with Gasteiger partial charge in [0.15, 0.2) is 0 Å². The summed E-state index contributed by atoms with van der Waals surface area (Å²) in [7, 11) is 1.32. The smallest absolute Gasteiger partial charge is 0.337 e. The molecule has 0 saturated carbocycles. The molecule has 0 spiro atoms. The third-order valence-electron chi connectivity index (χ3n) is 3.49. The summed E-state index contributed by atoms with van der Waals surface area (Å²) in [6, 6.07) is 11.4. The second kappa shape index (κ2) is 4.94. The molecule has 0 aromatic heterocycles. The number of phenols is 1. The van der Waals surface area contributed by atoms with Crippen LogP contribution in [0.3, 0.4) is 0 Å². The Hall–Kier alpha value is -2.82. The Balaban J connectivity index is 1.89. The number of carbonyl (C=O) groups excluding carboxylic acids is 2. The fourth-order valence-corrected chi connectivity index (χ4v) is 2.41. The first-order chi connectivity index (χ1) is 10.1. The summed E-state index contributed by atoms with van der Waals surface area (Å²) in [5.74, 6) is -0.386. The molecular formula is C16H13NO4. The van der Waals surface area contributed by atoms with Crippen molar-refractivity contribution in [1.82, 2.24) is 0 Å². The number of hydrogen-bond donors (Lipinski definition) is 1. The highest BCUT2D eigenvalue weighted by Gasteiger charge is 2.28.